The molecule has 5 aromatic heterocycles. The van der Waals surface area contributed by atoms with Gasteiger partial charge in [-0.3, -0.25) is 52.3 Å². The number of alkyl halides is 9. The number of ketones is 1. The number of rotatable bonds is 10. The van der Waals surface area contributed by atoms with Crippen LogP contribution < -0.4 is 54.7 Å². The molecule has 2 unspecified atom stereocenters. The first-order chi connectivity index (χ1) is 38.2. The summed E-state index contributed by atoms with van der Waals surface area (Å²) in [5.74, 6) is -2.19. The van der Waals surface area contributed by atoms with Crippen molar-refractivity contribution in [1.82, 2.24) is 44.7 Å². The molecule has 7 heterocycles. The third kappa shape index (κ3) is 18.7. The van der Waals surface area contributed by atoms with E-state index in [9.17, 15) is 82.7 Å². The number of fused-ring (bicyclic) bond motifs is 2. The van der Waals surface area contributed by atoms with Crippen molar-refractivity contribution in [1.29, 1.82) is 0 Å². The third-order valence-corrected chi connectivity index (χ3v) is 13.2. The molecule has 23 nitrogen and oxygen atoms in total. The van der Waals surface area contributed by atoms with Gasteiger partial charge < -0.3 is 43.0 Å². The van der Waals surface area contributed by atoms with E-state index < -0.39 is 89.3 Å². The highest BCUT2D eigenvalue weighted by molar-refractivity contribution is 9.10. The Hall–Kier alpha value is -7.17. The number of pyridine rings is 3. The molecule has 5 aromatic rings. The highest BCUT2D eigenvalue weighted by Crippen LogP contribution is 2.38. The Bertz CT molecular complexity index is 3570. The van der Waals surface area contributed by atoms with Crippen LogP contribution in [-0.2, 0) is 25.7 Å². The monoisotopic (exact) mass is 1370 g/mol. The zero-order valence-corrected chi connectivity index (χ0v) is 47.9. The van der Waals surface area contributed by atoms with Crippen LogP contribution in [0, 0.1) is 11.8 Å². The van der Waals surface area contributed by atoms with Crippen molar-refractivity contribution in [2.75, 3.05) is 21.7 Å². The Kier molecular flexibility index (Phi) is 21.0. The fourth-order valence-corrected chi connectivity index (χ4v) is 9.31. The fourth-order valence-electron chi connectivity index (χ4n) is 7.50. The second-order valence-corrected chi connectivity index (χ2v) is 21.5. The van der Waals surface area contributed by atoms with Gasteiger partial charge in [0.05, 0.1) is 36.9 Å². The summed E-state index contributed by atoms with van der Waals surface area (Å²) in [5.41, 5.74) is 3.45. The number of Topliss-reactive ketones (excluding diaryl/α,β-unsaturated/α-hetero) is 1. The molecular weight excluding hydrogens is 1330 g/mol. The molecule has 0 spiro atoms. The lowest BCUT2D eigenvalue weighted by molar-refractivity contribution is -0.156. The van der Waals surface area contributed by atoms with Crippen LogP contribution in [0.1, 0.15) is 97.2 Å². The largest absolute Gasteiger partial charge is 0.395 e. The van der Waals surface area contributed by atoms with Crippen LogP contribution in [0.5, 0.6) is 0 Å². The minimum Gasteiger partial charge on any atom is -0.384 e. The van der Waals surface area contributed by atoms with E-state index in [2.05, 4.69) is 83.4 Å². The van der Waals surface area contributed by atoms with Crippen LogP contribution in [0.25, 0.3) is 0 Å². The van der Waals surface area contributed by atoms with Crippen molar-refractivity contribution in [3.05, 3.63) is 115 Å². The smallest absolute Gasteiger partial charge is 0.384 e. The summed E-state index contributed by atoms with van der Waals surface area (Å²) in [7, 11) is 0. The lowest BCUT2D eigenvalue weighted by Crippen LogP contribution is -2.47. The standard InChI is InChI=1S/C18H16ClF3N6O3.C10H7BrClF3N2O2.C8H10N4O.C6H4BrClN2O2.C4H5F3O/c1-17(6-18(20,21)22)27-15(30)13-9(19)4-10(16(31)28(13)17)25-11-5-12(24-7-23-11)26-14(29)8-2-3-8;1-9(3-10(13,14)15)16-7(18)6-5(12)2-4(11)8(19)17(6)9;9-6-3-7(11-4-10-6)12-8(13)5-1-2-5;7-2-1-3(8)4(5(9)11)10-6(2)12;1-3(8)2-4(5,6)7/h4-5,7-8H,2-3,6H2,1H3,(H,27,30)(H2,23,24,25,26,29);2H,3H2,1H3,(H,16,18);3-5H,1-2H2,(H3,9,10,11,12,13);1H,(H2,9,11)(H,10,12);2H2,1H3. The second-order valence-electron chi connectivity index (χ2n) is 18.6. The van der Waals surface area contributed by atoms with Crippen LogP contribution in [0.15, 0.2) is 66.3 Å². The number of nitrogens with one attached hydrogen (secondary N) is 6. The molecule has 9 rings (SSSR count). The molecule has 2 aliphatic carbocycles. The van der Waals surface area contributed by atoms with Crippen molar-refractivity contribution in [2.45, 2.75) is 95.6 Å². The Morgan fingerprint density at radius 1 is 0.651 bits per heavy atom. The number of hydrogen-bond donors (Lipinski definition) is 8. The number of nitrogens with two attached hydrogens (primary N) is 2. The lowest BCUT2D eigenvalue weighted by atomic mass is 10.1. The number of H-pyrrole nitrogens is 1. The topological polar surface area (TPSA) is 343 Å². The van der Waals surface area contributed by atoms with Gasteiger partial charge in [0.15, 0.2) is 0 Å². The lowest BCUT2D eigenvalue weighted by Gasteiger charge is -2.28. The second kappa shape index (κ2) is 26.2. The van der Waals surface area contributed by atoms with E-state index in [1.54, 1.807) is 6.07 Å². The summed E-state index contributed by atoms with van der Waals surface area (Å²) in [5, 5.41) is 12.1. The van der Waals surface area contributed by atoms with Crippen molar-refractivity contribution < 1.29 is 68.3 Å². The first-order valence-corrected chi connectivity index (χ1v) is 26.0. The maximum absolute atomic E-state index is 13.1. The number of aromatic nitrogens is 7. The predicted molar refractivity (Wildman–Crippen MR) is 287 cm³/mol. The number of carbonyl (C=O) groups is 6. The SMILES string of the molecule is CC(=O)CC(F)(F)F.CC1(CC(F)(F)F)NC(=O)c2c(Cl)cc(Br)c(=O)n21.CC1(CC(F)(F)F)NC(=O)c2c(Cl)cc(Nc3cc(NC(=O)C4CC4)ncn3)c(=O)n21.NC(=O)c1[nH]c(=O)c(Br)cc1Cl.Nc1cc(NC(=O)C2CC2)ncn1. The summed E-state index contributed by atoms with van der Waals surface area (Å²) in [6, 6.07) is 6.55. The zero-order chi connectivity index (χ0) is 62.5. The first-order valence-electron chi connectivity index (χ1n) is 23.3. The Labute approximate surface area is 491 Å². The number of aromatic amines is 1. The Balaban J connectivity index is 0.000000207. The number of nitrogens with zero attached hydrogens (tertiary/aromatic N) is 6. The summed E-state index contributed by atoms with van der Waals surface area (Å²) in [4.78, 5) is 121. The van der Waals surface area contributed by atoms with E-state index in [0.29, 0.717) is 16.2 Å². The van der Waals surface area contributed by atoms with Crippen molar-refractivity contribution in [2.24, 2.45) is 17.6 Å². The molecule has 0 aromatic carbocycles. The van der Waals surface area contributed by atoms with Gasteiger partial charge in [-0.2, -0.15) is 39.5 Å². The maximum atomic E-state index is 13.1. The van der Waals surface area contributed by atoms with Gasteiger partial charge in [-0.1, -0.05) is 34.8 Å². The molecule has 2 fully saturated rings. The van der Waals surface area contributed by atoms with E-state index in [1.807, 2.05) is 0 Å². The van der Waals surface area contributed by atoms with E-state index >= 15 is 0 Å². The number of primary amides is 1. The molecule has 448 valence electrons. The molecule has 0 radical (unpaired) electrons. The molecule has 83 heavy (non-hydrogen) atoms. The van der Waals surface area contributed by atoms with Gasteiger partial charge in [-0.05, 0) is 96.5 Å². The molecule has 10 N–H and O–H groups in total. The van der Waals surface area contributed by atoms with Crippen LogP contribution >= 0.6 is 66.7 Å². The molecule has 0 saturated heterocycles. The van der Waals surface area contributed by atoms with E-state index in [4.69, 9.17) is 46.3 Å². The number of amides is 5. The van der Waals surface area contributed by atoms with Crippen molar-refractivity contribution >= 4 is 131 Å². The van der Waals surface area contributed by atoms with Crippen LogP contribution in [0.2, 0.25) is 15.1 Å². The molecule has 2 aliphatic heterocycles. The van der Waals surface area contributed by atoms with Gasteiger partial charge in [-0.15, -0.1) is 0 Å². The number of anilines is 5. The number of nitrogen functional groups attached to an aromatic ring is 1. The predicted octanol–water partition coefficient (Wildman–Crippen LogP) is 8.21. The maximum Gasteiger partial charge on any atom is 0.395 e. The minimum atomic E-state index is -4.65. The van der Waals surface area contributed by atoms with E-state index in [0.717, 1.165) is 63.4 Å². The first kappa shape index (κ1) is 66.6. The molecule has 2 atom stereocenters. The van der Waals surface area contributed by atoms with Crippen molar-refractivity contribution in [3.63, 3.8) is 0 Å². The van der Waals surface area contributed by atoms with Gasteiger partial charge >= 0.3 is 18.5 Å². The van der Waals surface area contributed by atoms with Crippen LogP contribution in [0.3, 0.4) is 0 Å². The number of halogens is 14. The summed E-state index contributed by atoms with van der Waals surface area (Å²) in [6.45, 7) is 3.12. The molecular formula is C46H42Br2Cl3F9N14O9. The Morgan fingerprint density at radius 3 is 1.51 bits per heavy atom. The summed E-state index contributed by atoms with van der Waals surface area (Å²) in [6.07, 6.45) is -11.6. The van der Waals surface area contributed by atoms with Crippen LogP contribution in [0.4, 0.5) is 68.5 Å². The molecule has 4 aliphatic rings. The Morgan fingerprint density at radius 2 is 1.08 bits per heavy atom. The van der Waals surface area contributed by atoms with Crippen molar-refractivity contribution in [3.8, 4) is 0 Å². The molecule has 5 amide bonds. The fraction of sp³-hybridized carbons (Fsp3) is 0.370. The van der Waals surface area contributed by atoms with Gasteiger partial charge in [0.25, 0.3) is 34.4 Å². The molecule has 0 bridgehead atoms. The van der Waals surface area contributed by atoms with Gasteiger partial charge in [0.1, 0.15) is 82.2 Å². The third-order valence-electron chi connectivity index (χ3n) is 11.2. The highest BCUT2D eigenvalue weighted by atomic mass is 79.9. The van der Waals surface area contributed by atoms with Gasteiger partial charge in [0, 0.05) is 24.0 Å². The number of hydrogen-bond acceptors (Lipinski definition) is 15. The summed E-state index contributed by atoms with van der Waals surface area (Å²) >= 11 is 23.4. The molecule has 37 heteroatoms. The van der Waals surface area contributed by atoms with E-state index in [-0.39, 0.29) is 82.1 Å². The number of carbonyl (C=O) groups excluding carboxylic acids is 6. The average Bonchev–Trinajstić information content (AvgIpc) is 2.43. The minimum absolute atomic E-state index is 0.00819. The zero-order valence-electron chi connectivity index (χ0n) is 42.4. The van der Waals surface area contributed by atoms with Gasteiger partial charge in [-0.25, -0.2) is 19.9 Å². The average molecular weight is 1370 g/mol. The highest BCUT2D eigenvalue weighted by Gasteiger charge is 2.50. The van der Waals surface area contributed by atoms with E-state index in [1.165, 1.54) is 24.5 Å². The quantitative estimate of drug-likeness (QED) is 0.0611. The van der Waals surface area contributed by atoms with Gasteiger partial charge in [0.2, 0.25) is 11.8 Å². The normalized spacial score (nSPS) is 17.6. The molecule has 2 saturated carbocycles. The summed E-state index contributed by atoms with van der Waals surface area (Å²) < 4.78 is 112. The van der Waals surface area contributed by atoms with Crippen LogP contribution in [-0.4, -0.2) is 87.9 Å².